The highest BCUT2D eigenvalue weighted by Crippen LogP contribution is 2.35. The van der Waals surface area contributed by atoms with E-state index in [1.54, 1.807) is 18.2 Å². The third-order valence-corrected chi connectivity index (χ3v) is 3.73. The molecule has 1 amide bonds. The topological polar surface area (TPSA) is 64.3 Å². The Kier molecular flexibility index (Phi) is 3.84. The Morgan fingerprint density at radius 3 is 2.89 bits per heavy atom. The van der Waals surface area contributed by atoms with Gasteiger partial charge in [-0.05, 0) is 18.2 Å². The lowest BCUT2D eigenvalue weighted by Gasteiger charge is -2.02. The second-order valence-electron chi connectivity index (χ2n) is 3.81. The molecule has 2 rings (SSSR count). The Balaban J connectivity index is 2.33. The van der Waals surface area contributed by atoms with Crippen molar-refractivity contribution >= 4 is 33.0 Å². The highest BCUT2D eigenvalue weighted by atomic mass is 32.1. The van der Waals surface area contributed by atoms with Crippen LogP contribution in [-0.4, -0.2) is 26.0 Å². The zero-order chi connectivity index (χ0) is 14.0. The van der Waals surface area contributed by atoms with Crippen LogP contribution < -0.4 is 15.8 Å². The number of nitrogens with two attached hydrogens (primary N) is 1. The molecule has 3 N–H and O–H groups in total. The zero-order valence-corrected chi connectivity index (χ0v) is 10.9. The minimum Gasteiger partial charge on any atom is -0.497 e. The van der Waals surface area contributed by atoms with E-state index in [1.807, 2.05) is 0 Å². The van der Waals surface area contributed by atoms with Crippen LogP contribution >= 0.6 is 11.3 Å². The molecule has 2 aromatic rings. The Hall–Kier alpha value is -1.89. The van der Waals surface area contributed by atoms with Crippen molar-refractivity contribution in [3.8, 4) is 5.75 Å². The summed E-state index contributed by atoms with van der Waals surface area (Å²) in [6, 6.07) is 5.22. The summed E-state index contributed by atoms with van der Waals surface area (Å²) < 4.78 is 30.0. The van der Waals surface area contributed by atoms with Gasteiger partial charge in [-0.15, -0.1) is 11.3 Å². The van der Waals surface area contributed by atoms with Crippen molar-refractivity contribution in [3.63, 3.8) is 0 Å². The maximum Gasteiger partial charge on any atom is 0.263 e. The molecule has 0 saturated carbocycles. The minimum atomic E-state index is -2.58. The summed E-state index contributed by atoms with van der Waals surface area (Å²) in [5.74, 6) is 0.0613. The van der Waals surface area contributed by atoms with Crippen LogP contribution in [0.5, 0.6) is 5.75 Å². The molecule has 0 aliphatic rings. The molecule has 102 valence electrons. The molecular weight excluding hydrogens is 274 g/mol. The van der Waals surface area contributed by atoms with Crippen LogP contribution in [0.1, 0.15) is 9.67 Å². The molecule has 0 saturated heterocycles. The van der Waals surface area contributed by atoms with E-state index < -0.39 is 18.9 Å². The fourth-order valence-corrected chi connectivity index (χ4v) is 2.71. The Bertz CT molecular complexity index is 613. The van der Waals surface area contributed by atoms with Crippen LogP contribution in [0.4, 0.5) is 14.5 Å². The molecule has 0 fully saturated rings. The molecule has 1 aromatic heterocycles. The molecule has 4 nitrogen and oxygen atoms in total. The summed E-state index contributed by atoms with van der Waals surface area (Å²) in [7, 11) is 1.54. The number of carbonyl (C=O) groups is 1. The predicted octanol–water partition coefficient (Wildman–Crippen LogP) is 2.49. The summed E-state index contributed by atoms with van der Waals surface area (Å²) in [5.41, 5.74) is 6.16. The van der Waals surface area contributed by atoms with Crippen LogP contribution in [0.15, 0.2) is 18.2 Å². The number of hydrogen-bond donors (Lipinski definition) is 2. The smallest absolute Gasteiger partial charge is 0.263 e. The number of benzene rings is 1. The van der Waals surface area contributed by atoms with Crippen molar-refractivity contribution in [1.82, 2.24) is 5.32 Å². The molecule has 1 aromatic carbocycles. The molecule has 7 heteroatoms. The third kappa shape index (κ3) is 2.76. The van der Waals surface area contributed by atoms with Crippen LogP contribution in [0.2, 0.25) is 0 Å². The zero-order valence-electron chi connectivity index (χ0n) is 10.1. The second-order valence-corrected chi connectivity index (χ2v) is 4.86. The van der Waals surface area contributed by atoms with Gasteiger partial charge in [0.15, 0.2) is 0 Å². The maximum absolute atomic E-state index is 12.1. The van der Waals surface area contributed by atoms with E-state index in [-0.39, 0.29) is 4.88 Å². The van der Waals surface area contributed by atoms with Crippen molar-refractivity contribution in [2.45, 2.75) is 6.43 Å². The molecule has 0 unspecified atom stereocenters. The third-order valence-electron chi connectivity index (χ3n) is 2.56. The van der Waals surface area contributed by atoms with Gasteiger partial charge in [0.25, 0.3) is 12.3 Å². The number of rotatable bonds is 4. The molecule has 19 heavy (non-hydrogen) atoms. The summed E-state index contributed by atoms with van der Waals surface area (Å²) in [5, 5.41) is 2.85. The van der Waals surface area contributed by atoms with E-state index in [2.05, 4.69) is 5.32 Å². The van der Waals surface area contributed by atoms with Gasteiger partial charge < -0.3 is 15.8 Å². The molecule has 0 aliphatic heterocycles. The fraction of sp³-hybridized carbons (Fsp3) is 0.250. The standard InChI is InChI=1S/C12H12F2N2O2S/c1-18-6-2-3-7-8(4-6)19-11(10(7)15)12(17)16-5-9(13)14/h2-4,9H,5,15H2,1H3,(H,16,17). The van der Waals surface area contributed by atoms with E-state index >= 15 is 0 Å². The first-order chi connectivity index (χ1) is 9.02. The number of amides is 1. The van der Waals surface area contributed by atoms with E-state index in [1.165, 1.54) is 7.11 Å². The average molecular weight is 286 g/mol. The number of methoxy groups -OCH3 is 1. The molecular formula is C12H12F2N2O2S. The van der Waals surface area contributed by atoms with E-state index in [0.717, 1.165) is 16.0 Å². The molecule has 1 heterocycles. The lowest BCUT2D eigenvalue weighted by molar-refractivity contribution is 0.0896. The van der Waals surface area contributed by atoms with Crippen molar-refractivity contribution in [1.29, 1.82) is 0 Å². The highest BCUT2D eigenvalue weighted by molar-refractivity contribution is 7.21. The average Bonchev–Trinajstić information content (AvgIpc) is 2.72. The van der Waals surface area contributed by atoms with E-state index in [4.69, 9.17) is 10.5 Å². The molecule has 0 bridgehead atoms. The fourth-order valence-electron chi connectivity index (χ4n) is 1.64. The van der Waals surface area contributed by atoms with Crippen LogP contribution in [0.3, 0.4) is 0 Å². The largest absolute Gasteiger partial charge is 0.497 e. The van der Waals surface area contributed by atoms with Crippen molar-refractivity contribution in [3.05, 3.63) is 23.1 Å². The van der Waals surface area contributed by atoms with Gasteiger partial charge in [0.1, 0.15) is 10.6 Å². The van der Waals surface area contributed by atoms with Crippen molar-refractivity contribution in [2.75, 3.05) is 19.4 Å². The van der Waals surface area contributed by atoms with Gasteiger partial charge in [0.2, 0.25) is 0 Å². The van der Waals surface area contributed by atoms with Crippen molar-refractivity contribution in [2.24, 2.45) is 0 Å². The number of halogens is 2. The molecule has 0 radical (unpaired) electrons. The number of ether oxygens (including phenoxy) is 1. The first kappa shape index (κ1) is 13.5. The van der Waals surface area contributed by atoms with E-state index in [9.17, 15) is 13.6 Å². The van der Waals surface area contributed by atoms with Gasteiger partial charge in [-0.25, -0.2) is 8.78 Å². The normalized spacial score (nSPS) is 10.9. The van der Waals surface area contributed by atoms with Gasteiger partial charge >= 0.3 is 0 Å². The number of anilines is 1. The summed E-state index contributed by atoms with van der Waals surface area (Å²) in [6.45, 7) is -0.685. The number of fused-ring (bicyclic) bond motifs is 1. The summed E-state index contributed by atoms with van der Waals surface area (Å²) in [6.07, 6.45) is -2.58. The Labute approximate surface area is 112 Å². The van der Waals surface area contributed by atoms with Crippen molar-refractivity contribution < 1.29 is 18.3 Å². The number of nitrogen functional groups attached to an aromatic ring is 1. The number of hydrogen-bond acceptors (Lipinski definition) is 4. The number of thiophene rings is 1. The van der Waals surface area contributed by atoms with E-state index in [0.29, 0.717) is 16.8 Å². The summed E-state index contributed by atoms with van der Waals surface area (Å²) >= 11 is 1.15. The quantitative estimate of drug-likeness (QED) is 0.907. The predicted molar refractivity (Wildman–Crippen MR) is 71.1 cm³/mol. The second kappa shape index (κ2) is 5.40. The lowest BCUT2D eigenvalue weighted by Crippen LogP contribution is -2.28. The number of alkyl halides is 2. The molecule has 0 spiro atoms. The number of nitrogens with one attached hydrogen (secondary N) is 1. The SMILES string of the molecule is COc1ccc2c(N)c(C(=O)NCC(F)F)sc2c1. The first-order valence-corrected chi connectivity index (χ1v) is 6.27. The van der Waals surface area contributed by atoms with Gasteiger partial charge in [0.05, 0.1) is 19.3 Å². The lowest BCUT2D eigenvalue weighted by atomic mass is 10.2. The minimum absolute atomic E-state index is 0.240. The molecule has 0 aliphatic carbocycles. The highest BCUT2D eigenvalue weighted by Gasteiger charge is 2.17. The number of carbonyl (C=O) groups excluding carboxylic acids is 1. The van der Waals surface area contributed by atoms with Gasteiger partial charge in [-0.1, -0.05) is 0 Å². The first-order valence-electron chi connectivity index (χ1n) is 5.45. The van der Waals surface area contributed by atoms with Gasteiger partial charge in [0, 0.05) is 10.1 Å². The van der Waals surface area contributed by atoms with Gasteiger partial charge in [-0.3, -0.25) is 4.79 Å². The van der Waals surface area contributed by atoms with Crippen LogP contribution in [0.25, 0.3) is 10.1 Å². The monoisotopic (exact) mass is 286 g/mol. The summed E-state index contributed by atoms with van der Waals surface area (Å²) in [4.78, 5) is 12.0. The maximum atomic E-state index is 12.1. The van der Waals surface area contributed by atoms with Gasteiger partial charge in [-0.2, -0.15) is 0 Å². The van der Waals surface area contributed by atoms with Crippen LogP contribution in [0, 0.1) is 0 Å². The Morgan fingerprint density at radius 1 is 1.53 bits per heavy atom. The molecule has 0 atom stereocenters. The van der Waals surface area contributed by atoms with Crippen LogP contribution in [-0.2, 0) is 0 Å². The Morgan fingerprint density at radius 2 is 2.26 bits per heavy atom.